The Balaban J connectivity index is 1.95. The second-order valence-electron chi connectivity index (χ2n) is 4.81. The van der Waals surface area contributed by atoms with Crippen LogP contribution in [0.15, 0.2) is 12.2 Å². The minimum absolute atomic E-state index is 0.0743. The number of fused-ring (bicyclic) bond motifs is 2. The molecule has 0 aromatic heterocycles. The SMILES string of the molecule is O=C1C=C[C@@]2(CCCCN3C(=O)CC[C@@H]32)O1. The highest BCUT2D eigenvalue weighted by Crippen LogP contribution is 2.40. The molecule has 0 aromatic carbocycles. The van der Waals surface area contributed by atoms with Gasteiger partial charge in [0.15, 0.2) is 5.60 Å². The molecule has 86 valence electrons. The van der Waals surface area contributed by atoms with Crippen molar-refractivity contribution < 1.29 is 14.3 Å². The Hall–Kier alpha value is -1.32. The van der Waals surface area contributed by atoms with Crippen LogP contribution in [0.1, 0.15) is 32.1 Å². The van der Waals surface area contributed by atoms with Gasteiger partial charge in [-0.2, -0.15) is 0 Å². The van der Waals surface area contributed by atoms with E-state index in [0.717, 1.165) is 32.2 Å². The van der Waals surface area contributed by atoms with Crippen molar-refractivity contribution in [1.29, 1.82) is 0 Å². The fraction of sp³-hybridized carbons (Fsp3) is 0.667. The highest BCUT2D eigenvalue weighted by molar-refractivity contribution is 5.86. The summed E-state index contributed by atoms with van der Waals surface area (Å²) in [5.41, 5.74) is -0.514. The fourth-order valence-corrected chi connectivity index (χ4v) is 3.15. The maximum absolute atomic E-state index is 11.7. The second kappa shape index (κ2) is 3.34. The van der Waals surface area contributed by atoms with E-state index in [9.17, 15) is 9.59 Å². The molecule has 0 saturated carbocycles. The zero-order chi connectivity index (χ0) is 11.2. The summed E-state index contributed by atoms with van der Waals surface area (Å²) in [6.45, 7) is 0.816. The van der Waals surface area contributed by atoms with E-state index in [-0.39, 0.29) is 17.9 Å². The molecule has 3 aliphatic heterocycles. The van der Waals surface area contributed by atoms with Crippen LogP contribution in [-0.2, 0) is 14.3 Å². The van der Waals surface area contributed by atoms with E-state index in [4.69, 9.17) is 4.74 Å². The Bertz CT molecular complexity index is 376. The smallest absolute Gasteiger partial charge is 0.331 e. The molecule has 3 rings (SSSR count). The number of carbonyl (C=O) groups is 2. The molecule has 0 unspecified atom stereocenters. The summed E-state index contributed by atoms with van der Waals surface area (Å²) in [5.74, 6) is -0.0520. The molecule has 0 bridgehead atoms. The molecule has 16 heavy (non-hydrogen) atoms. The summed E-state index contributed by atoms with van der Waals surface area (Å²) in [6, 6.07) is 0.0743. The maximum atomic E-state index is 11.7. The number of ether oxygens (including phenoxy) is 1. The first kappa shape index (κ1) is 9.87. The first-order valence-corrected chi connectivity index (χ1v) is 5.93. The van der Waals surface area contributed by atoms with Gasteiger partial charge in [-0.25, -0.2) is 4.79 Å². The van der Waals surface area contributed by atoms with Crippen LogP contribution in [0.5, 0.6) is 0 Å². The lowest BCUT2D eigenvalue weighted by molar-refractivity contribution is -0.152. The van der Waals surface area contributed by atoms with Gasteiger partial charge in [-0.1, -0.05) is 0 Å². The highest BCUT2D eigenvalue weighted by Gasteiger charge is 2.50. The van der Waals surface area contributed by atoms with Crippen molar-refractivity contribution in [3.63, 3.8) is 0 Å². The lowest BCUT2D eigenvalue weighted by atomic mass is 9.88. The Labute approximate surface area is 94.2 Å². The molecule has 0 aromatic rings. The minimum atomic E-state index is -0.514. The van der Waals surface area contributed by atoms with Crippen molar-refractivity contribution in [2.75, 3.05) is 6.54 Å². The number of hydrogen-bond acceptors (Lipinski definition) is 3. The van der Waals surface area contributed by atoms with Crippen LogP contribution in [0, 0.1) is 0 Å². The van der Waals surface area contributed by atoms with Gasteiger partial charge >= 0.3 is 5.97 Å². The van der Waals surface area contributed by atoms with Gasteiger partial charge in [-0.05, 0) is 31.8 Å². The van der Waals surface area contributed by atoms with Crippen molar-refractivity contribution in [2.45, 2.75) is 43.7 Å². The molecule has 3 aliphatic rings. The molecule has 3 heterocycles. The van der Waals surface area contributed by atoms with Crippen molar-refractivity contribution >= 4 is 11.9 Å². The van der Waals surface area contributed by atoms with Crippen molar-refractivity contribution in [2.24, 2.45) is 0 Å². The summed E-state index contributed by atoms with van der Waals surface area (Å²) in [6.07, 6.45) is 7.66. The van der Waals surface area contributed by atoms with Crippen molar-refractivity contribution in [1.82, 2.24) is 4.90 Å². The largest absolute Gasteiger partial charge is 0.449 e. The van der Waals surface area contributed by atoms with Crippen molar-refractivity contribution in [3.8, 4) is 0 Å². The fourth-order valence-electron chi connectivity index (χ4n) is 3.15. The van der Waals surface area contributed by atoms with Crippen LogP contribution in [-0.4, -0.2) is 35.0 Å². The number of amides is 1. The standard InChI is InChI=1S/C12H15NO3/c14-10-4-3-9-12(7-5-11(15)16-12)6-1-2-8-13(9)10/h5,7,9H,1-4,6,8H2/t9-,12-/m1/s1. The number of hydrogen-bond donors (Lipinski definition) is 0. The minimum Gasteiger partial charge on any atom is -0.449 e. The molecule has 4 heteroatoms. The molecule has 0 radical (unpaired) electrons. The van der Waals surface area contributed by atoms with E-state index in [1.54, 1.807) is 0 Å². The average molecular weight is 221 g/mol. The topological polar surface area (TPSA) is 46.6 Å². The van der Waals surface area contributed by atoms with E-state index in [0.29, 0.717) is 6.42 Å². The van der Waals surface area contributed by atoms with Gasteiger partial charge in [0.2, 0.25) is 5.91 Å². The first-order valence-electron chi connectivity index (χ1n) is 5.93. The van der Waals surface area contributed by atoms with Crippen molar-refractivity contribution in [3.05, 3.63) is 12.2 Å². The van der Waals surface area contributed by atoms with E-state index in [1.165, 1.54) is 6.08 Å². The monoisotopic (exact) mass is 221 g/mol. The molecule has 4 nitrogen and oxygen atoms in total. The Kier molecular flexibility index (Phi) is 2.06. The van der Waals surface area contributed by atoms with E-state index in [2.05, 4.69) is 0 Å². The molecular weight excluding hydrogens is 206 g/mol. The van der Waals surface area contributed by atoms with Crippen LogP contribution in [0.25, 0.3) is 0 Å². The molecule has 0 N–H and O–H groups in total. The molecule has 1 spiro atoms. The quantitative estimate of drug-likeness (QED) is 0.574. The van der Waals surface area contributed by atoms with E-state index in [1.807, 2.05) is 11.0 Å². The second-order valence-corrected chi connectivity index (χ2v) is 4.81. The predicted molar refractivity (Wildman–Crippen MR) is 56.5 cm³/mol. The predicted octanol–water partition coefficient (Wildman–Crippen LogP) is 1.01. The third kappa shape index (κ3) is 1.29. The van der Waals surface area contributed by atoms with E-state index >= 15 is 0 Å². The van der Waals surface area contributed by atoms with Gasteiger partial charge in [0.1, 0.15) is 0 Å². The van der Waals surface area contributed by atoms with Gasteiger partial charge in [0.05, 0.1) is 6.04 Å². The van der Waals surface area contributed by atoms with Crippen LogP contribution < -0.4 is 0 Å². The summed E-state index contributed by atoms with van der Waals surface area (Å²) in [7, 11) is 0. The van der Waals surface area contributed by atoms with Crippen LogP contribution in [0.2, 0.25) is 0 Å². The average Bonchev–Trinajstić information content (AvgIpc) is 2.73. The van der Waals surface area contributed by atoms with Crippen LogP contribution in [0.3, 0.4) is 0 Å². The summed E-state index contributed by atoms with van der Waals surface area (Å²) in [4.78, 5) is 24.9. The number of carbonyl (C=O) groups excluding carboxylic acids is 2. The van der Waals surface area contributed by atoms with Gasteiger partial charge in [0, 0.05) is 19.0 Å². The van der Waals surface area contributed by atoms with Crippen LogP contribution >= 0.6 is 0 Å². The molecular formula is C12H15NO3. The van der Waals surface area contributed by atoms with E-state index < -0.39 is 5.60 Å². The Morgan fingerprint density at radius 1 is 1.38 bits per heavy atom. The van der Waals surface area contributed by atoms with Gasteiger partial charge < -0.3 is 9.64 Å². The number of esters is 1. The Morgan fingerprint density at radius 2 is 2.25 bits per heavy atom. The van der Waals surface area contributed by atoms with Gasteiger partial charge in [-0.3, -0.25) is 4.79 Å². The molecule has 0 aliphatic carbocycles. The zero-order valence-corrected chi connectivity index (χ0v) is 9.15. The third-order valence-electron chi connectivity index (χ3n) is 3.90. The summed E-state index contributed by atoms with van der Waals surface area (Å²) < 4.78 is 5.49. The highest BCUT2D eigenvalue weighted by atomic mass is 16.6. The maximum Gasteiger partial charge on any atom is 0.331 e. The zero-order valence-electron chi connectivity index (χ0n) is 9.15. The van der Waals surface area contributed by atoms with Crippen LogP contribution in [0.4, 0.5) is 0 Å². The normalized spacial score (nSPS) is 37.8. The Morgan fingerprint density at radius 3 is 3.00 bits per heavy atom. The van der Waals surface area contributed by atoms with Gasteiger partial charge in [-0.15, -0.1) is 0 Å². The summed E-state index contributed by atoms with van der Waals surface area (Å²) >= 11 is 0. The molecule has 2 atom stereocenters. The first-order chi connectivity index (χ1) is 7.71. The van der Waals surface area contributed by atoms with Gasteiger partial charge in [0.25, 0.3) is 0 Å². The number of rotatable bonds is 0. The molecule has 1 amide bonds. The summed E-state index contributed by atoms with van der Waals surface area (Å²) in [5, 5.41) is 0. The lowest BCUT2D eigenvalue weighted by Crippen LogP contribution is -2.49. The molecule has 2 saturated heterocycles. The molecule has 2 fully saturated rings. The lowest BCUT2D eigenvalue weighted by Gasteiger charge is -2.35. The number of nitrogens with zero attached hydrogens (tertiary/aromatic N) is 1. The third-order valence-corrected chi connectivity index (χ3v) is 3.90.